The maximum Gasteiger partial charge on any atom is 0.124 e. The molecule has 1 aromatic heterocycles. The third kappa shape index (κ3) is 2.38. The first kappa shape index (κ1) is 11.8. The van der Waals surface area contributed by atoms with Crippen LogP contribution in [0.1, 0.15) is 56.7 Å². The third-order valence-corrected chi connectivity index (χ3v) is 2.59. The minimum atomic E-state index is -0.129. The number of hydrogen-bond acceptors (Lipinski definition) is 2. The van der Waals surface area contributed by atoms with Gasteiger partial charge in [-0.05, 0) is 18.8 Å². The van der Waals surface area contributed by atoms with Crippen LogP contribution in [0.3, 0.4) is 0 Å². The minimum Gasteiger partial charge on any atom is -0.345 e. The van der Waals surface area contributed by atoms with Gasteiger partial charge in [0.25, 0.3) is 0 Å². The van der Waals surface area contributed by atoms with Crippen LogP contribution in [-0.2, 0) is 0 Å². The van der Waals surface area contributed by atoms with Crippen molar-refractivity contribution in [1.29, 1.82) is 5.26 Å². The van der Waals surface area contributed by atoms with Gasteiger partial charge in [-0.1, -0.05) is 27.7 Å². The second-order valence-corrected chi connectivity index (χ2v) is 4.64. The van der Waals surface area contributed by atoms with Gasteiger partial charge in [-0.25, -0.2) is 4.98 Å². The molecule has 3 heteroatoms. The summed E-state index contributed by atoms with van der Waals surface area (Å²) in [4.78, 5) is 7.75. The highest BCUT2D eigenvalue weighted by Crippen LogP contribution is 2.24. The normalized spacial score (nSPS) is 13.2. The molecule has 0 aromatic carbocycles. The number of aryl methyl sites for hydroxylation is 1. The monoisotopic (exact) mass is 205 g/mol. The molecule has 3 nitrogen and oxygen atoms in total. The predicted molar refractivity (Wildman–Crippen MR) is 60.6 cm³/mol. The fraction of sp³-hybridized carbons (Fsp3) is 0.667. The van der Waals surface area contributed by atoms with Crippen LogP contribution in [0.2, 0.25) is 0 Å². The van der Waals surface area contributed by atoms with Gasteiger partial charge in [0.05, 0.1) is 11.8 Å². The molecule has 0 aliphatic heterocycles. The molecular weight excluding hydrogens is 186 g/mol. The summed E-state index contributed by atoms with van der Waals surface area (Å²) in [6.07, 6.45) is 0. The van der Waals surface area contributed by atoms with E-state index in [0.717, 1.165) is 17.2 Å². The molecule has 1 N–H and O–H groups in total. The maximum absolute atomic E-state index is 9.08. The summed E-state index contributed by atoms with van der Waals surface area (Å²) in [5.74, 6) is 1.38. The summed E-state index contributed by atoms with van der Waals surface area (Å²) in [5.41, 5.74) is 2.16. The zero-order valence-corrected chi connectivity index (χ0v) is 10.1. The van der Waals surface area contributed by atoms with E-state index in [1.807, 2.05) is 20.8 Å². The Hall–Kier alpha value is -1.30. The summed E-state index contributed by atoms with van der Waals surface area (Å²) < 4.78 is 0. The second-order valence-electron chi connectivity index (χ2n) is 4.64. The molecule has 15 heavy (non-hydrogen) atoms. The summed E-state index contributed by atoms with van der Waals surface area (Å²) >= 11 is 0. The van der Waals surface area contributed by atoms with Crippen molar-refractivity contribution in [2.75, 3.05) is 0 Å². The van der Waals surface area contributed by atoms with Crippen molar-refractivity contribution in [3.05, 3.63) is 17.2 Å². The lowest BCUT2D eigenvalue weighted by molar-refractivity contribution is 0.564. The molecule has 0 saturated heterocycles. The lowest BCUT2D eigenvalue weighted by Gasteiger charge is -2.09. The van der Waals surface area contributed by atoms with E-state index in [0.29, 0.717) is 11.8 Å². The highest BCUT2D eigenvalue weighted by atomic mass is 14.9. The van der Waals surface area contributed by atoms with E-state index < -0.39 is 0 Å². The number of rotatable bonds is 3. The highest BCUT2D eigenvalue weighted by molar-refractivity contribution is 5.21. The average Bonchev–Trinajstić information content (AvgIpc) is 2.48. The Labute approximate surface area is 91.5 Å². The molecule has 0 aliphatic carbocycles. The smallest absolute Gasteiger partial charge is 0.124 e. The fourth-order valence-corrected chi connectivity index (χ4v) is 1.73. The molecule has 0 saturated carbocycles. The van der Waals surface area contributed by atoms with Crippen LogP contribution in [0.4, 0.5) is 0 Å². The molecule has 1 rings (SSSR count). The standard InChI is InChI=1S/C12H19N3/c1-7(2)10(6-13)12-14-9(5)11(15-12)8(3)4/h7-8,10H,1-5H3,(H,14,15). The number of nitrogens with zero attached hydrogens (tertiary/aromatic N) is 2. The van der Waals surface area contributed by atoms with Gasteiger partial charge >= 0.3 is 0 Å². The molecule has 0 amide bonds. The van der Waals surface area contributed by atoms with E-state index in [9.17, 15) is 0 Å². The van der Waals surface area contributed by atoms with Crippen molar-refractivity contribution in [2.45, 2.75) is 46.5 Å². The first-order chi connectivity index (χ1) is 6.97. The summed E-state index contributed by atoms with van der Waals surface area (Å²) in [5, 5.41) is 9.08. The van der Waals surface area contributed by atoms with Crippen LogP contribution in [0.15, 0.2) is 0 Å². The Morgan fingerprint density at radius 3 is 2.20 bits per heavy atom. The summed E-state index contributed by atoms with van der Waals surface area (Å²) in [7, 11) is 0. The SMILES string of the molecule is Cc1[nH]c(C(C#N)C(C)C)nc1C(C)C. The molecule has 1 atom stereocenters. The molecule has 0 bridgehead atoms. The summed E-state index contributed by atoms with van der Waals surface area (Å²) in [6, 6.07) is 2.30. The van der Waals surface area contributed by atoms with Crippen molar-refractivity contribution in [2.24, 2.45) is 5.92 Å². The van der Waals surface area contributed by atoms with Crippen LogP contribution in [0.5, 0.6) is 0 Å². The Morgan fingerprint density at radius 2 is 1.87 bits per heavy atom. The van der Waals surface area contributed by atoms with Crippen molar-refractivity contribution >= 4 is 0 Å². The van der Waals surface area contributed by atoms with Gasteiger partial charge in [0, 0.05) is 5.69 Å². The number of aromatic nitrogens is 2. The molecular formula is C12H19N3. The van der Waals surface area contributed by atoms with E-state index >= 15 is 0 Å². The van der Waals surface area contributed by atoms with Gasteiger partial charge in [0.2, 0.25) is 0 Å². The first-order valence-electron chi connectivity index (χ1n) is 5.43. The van der Waals surface area contributed by atoms with Crippen molar-refractivity contribution < 1.29 is 0 Å². The predicted octanol–water partition coefficient (Wildman–Crippen LogP) is 3.10. The van der Waals surface area contributed by atoms with E-state index in [-0.39, 0.29) is 5.92 Å². The van der Waals surface area contributed by atoms with E-state index in [1.165, 1.54) is 0 Å². The van der Waals surface area contributed by atoms with Crippen LogP contribution >= 0.6 is 0 Å². The number of nitriles is 1. The topological polar surface area (TPSA) is 52.5 Å². The van der Waals surface area contributed by atoms with E-state index in [1.54, 1.807) is 0 Å². The van der Waals surface area contributed by atoms with Crippen LogP contribution in [-0.4, -0.2) is 9.97 Å². The van der Waals surface area contributed by atoms with Gasteiger partial charge in [-0.2, -0.15) is 5.26 Å². The quantitative estimate of drug-likeness (QED) is 0.824. The number of hydrogen-bond donors (Lipinski definition) is 1. The van der Waals surface area contributed by atoms with Gasteiger partial charge in [0.1, 0.15) is 11.7 Å². The van der Waals surface area contributed by atoms with Gasteiger partial charge in [-0.3, -0.25) is 0 Å². The van der Waals surface area contributed by atoms with E-state index in [2.05, 4.69) is 29.9 Å². The van der Waals surface area contributed by atoms with Gasteiger partial charge < -0.3 is 4.98 Å². The number of imidazole rings is 1. The average molecular weight is 205 g/mol. The molecule has 0 fully saturated rings. The van der Waals surface area contributed by atoms with Crippen molar-refractivity contribution in [3.8, 4) is 6.07 Å². The van der Waals surface area contributed by atoms with Crippen molar-refractivity contribution in [1.82, 2.24) is 9.97 Å². The summed E-state index contributed by atoms with van der Waals surface area (Å²) in [6.45, 7) is 10.3. The molecule has 82 valence electrons. The van der Waals surface area contributed by atoms with E-state index in [4.69, 9.17) is 5.26 Å². The Balaban J connectivity index is 3.07. The molecule has 0 spiro atoms. The first-order valence-corrected chi connectivity index (χ1v) is 5.43. The lowest BCUT2D eigenvalue weighted by Crippen LogP contribution is -2.06. The van der Waals surface area contributed by atoms with Gasteiger partial charge in [0.15, 0.2) is 0 Å². The largest absolute Gasteiger partial charge is 0.345 e. The number of nitrogens with one attached hydrogen (secondary N) is 1. The third-order valence-electron chi connectivity index (χ3n) is 2.59. The minimum absolute atomic E-state index is 0.129. The van der Waals surface area contributed by atoms with Crippen LogP contribution in [0.25, 0.3) is 0 Å². The second kappa shape index (κ2) is 4.48. The lowest BCUT2D eigenvalue weighted by atomic mass is 9.97. The Kier molecular flexibility index (Phi) is 3.52. The maximum atomic E-state index is 9.08. The Bertz CT molecular complexity index is 369. The molecule has 0 radical (unpaired) electrons. The van der Waals surface area contributed by atoms with Crippen LogP contribution in [0, 0.1) is 24.2 Å². The number of H-pyrrole nitrogens is 1. The molecule has 0 aliphatic rings. The molecule has 1 heterocycles. The fourth-order valence-electron chi connectivity index (χ4n) is 1.73. The van der Waals surface area contributed by atoms with Gasteiger partial charge in [-0.15, -0.1) is 0 Å². The van der Waals surface area contributed by atoms with Crippen molar-refractivity contribution in [3.63, 3.8) is 0 Å². The highest BCUT2D eigenvalue weighted by Gasteiger charge is 2.20. The zero-order chi connectivity index (χ0) is 11.6. The molecule has 1 unspecified atom stereocenters. The number of aromatic amines is 1. The molecule has 1 aromatic rings. The zero-order valence-electron chi connectivity index (χ0n) is 10.1. The Morgan fingerprint density at radius 1 is 1.27 bits per heavy atom. The van der Waals surface area contributed by atoms with Crippen LogP contribution < -0.4 is 0 Å².